The van der Waals surface area contributed by atoms with Gasteiger partial charge in [0, 0.05) is 0 Å². The van der Waals surface area contributed by atoms with Crippen molar-refractivity contribution in [3.63, 3.8) is 0 Å². The van der Waals surface area contributed by atoms with Crippen molar-refractivity contribution in [2.75, 3.05) is 0 Å². The summed E-state index contributed by atoms with van der Waals surface area (Å²) >= 11 is 0. The van der Waals surface area contributed by atoms with Crippen molar-refractivity contribution in [3.05, 3.63) is 0 Å². The van der Waals surface area contributed by atoms with Crippen LogP contribution in [0.3, 0.4) is 0 Å². The van der Waals surface area contributed by atoms with Gasteiger partial charge in [0.25, 0.3) is 0 Å². The fourth-order valence-electron chi connectivity index (χ4n) is 0.460. The molecule has 0 aromatic heterocycles. The minimum absolute atomic E-state index is 0.0143. The Kier molecular flexibility index (Phi) is 3.68. The number of aliphatic carboxylic acids is 1. The second kappa shape index (κ2) is 3.82. The van der Waals surface area contributed by atoms with E-state index in [0.29, 0.717) is 0 Å². The van der Waals surface area contributed by atoms with E-state index < -0.39 is 19.9 Å². The number of carboxylic acids is 1. The fraction of sp³-hybridized carbons (Fsp3) is 0.750. The van der Waals surface area contributed by atoms with E-state index in [-0.39, 0.29) is 6.42 Å². The number of hydrogen-bond donors (Lipinski definition) is 3. The maximum Gasteiger partial charge on any atom is 0.470 e. The highest BCUT2D eigenvalue weighted by Gasteiger charge is 2.25. The van der Waals surface area contributed by atoms with Crippen LogP contribution in [-0.4, -0.2) is 27.0 Å². The van der Waals surface area contributed by atoms with E-state index in [0.717, 1.165) is 0 Å². The van der Waals surface area contributed by atoms with Crippen LogP contribution in [0.2, 0.25) is 0 Å². The third-order valence-corrected chi connectivity index (χ3v) is 1.44. The summed E-state index contributed by atoms with van der Waals surface area (Å²) in [5.41, 5.74) is 0. The first kappa shape index (κ1) is 10.6. The van der Waals surface area contributed by atoms with E-state index in [1.807, 2.05) is 0 Å². The molecule has 0 heterocycles. The molecular formula is C4H9O6P. The molecule has 66 valence electrons. The Morgan fingerprint density at radius 3 is 2.18 bits per heavy atom. The van der Waals surface area contributed by atoms with Crippen molar-refractivity contribution >= 4 is 13.8 Å². The largest absolute Gasteiger partial charge is 0.479 e. The number of carboxylic acid groups (broad SMARTS) is 1. The molecule has 0 radical (unpaired) electrons. The summed E-state index contributed by atoms with van der Waals surface area (Å²) in [6.07, 6.45) is -1.42. The van der Waals surface area contributed by atoms with Gasteiger partial charge in [0.05, 0.1) is 0 Å². The molecule has 0 spiro atoms. The van der Waals surface area contributed by atoms with Crippen molar-refractivity contribution in [2.24, 2.45) is 0 Å². The van der Waals surface area contributed by atoms with Crippen LogP contribution in [0, 0.1) is 0 Å². The van der Waals surface area contributed by atoms with E-state index in [9.17, 15) is 9.36 Å². The molecule has 0 saturated carbocycles. The van der Waals surface area contributed by atoms with Gasteiger partial charge in [-0.05, 0) is 6.42 Å². The maximum atomic E-state index is 10.1. The van der Waals surface area contributed by atoms with Crippen LogP contribution < -0.4 is 0 Å². The number of phosphoric ester groups is 1. The predicted molar refractivity (Wildman–Crippen MR) is 34.8 cm³/mol. The number of carbonyl (C=O) groups is 1. The highest BCUT2D eigenvalue weighted by molar-refractivity contribution is 7.46. The van der Waals surface area contributed by atoms with Gasteiger partial charge in [-0.15, -0.1) is 0 Å². The van der Waals surface area contributed by atoms with Crippen molar-refractivity contribution in [1.29, 1.82) is 0 Å². The van der Waals surface area contributed by atoms with Gasteiger partial charge in [0.2, 0.25) is 0 Å². The monoisotopic (exact) mass is 184 g/mol. The minimum atomic E-state index is -4.67. The van der Waals surface area contributed by atoms with Gasteiger partial charge in [-0.3, -0.25) is 4.52 Å². The zero-order valence-electron chi connectivity index (χ0n) is 5.80. The highest BCUT2D eigenvalue weighted by Crippen LogP contribution is 2.38. The minimum Gasteiger partial charge on any atom is -0.479 e. The molecule has 0 amide bonds. The van der Waals surface area contributed by atoms with Crippen LogP contribution in [-0.2, 0) is 13.9 Å². The molecule has 0 aliphatic heterocycles. The number of rotatable bonds is 4. The summed E-state index contributed by atoms with van der Waals surface area (Å²) in [4.78, 5) is 26.5. The Hall–Kier alpha value is -0.420. The molecule has 0 fully saturated rings. The average Bonchev–Trinajstić information content (AvgIpc) is 1.80. The van der Waals surface area contributed by atoms with Gasteiger partial charge in [-0.2, -0.15) is 0 Å². The second-order valence-electron chi connectivity index (χ2n) is 1.83. The molecule has 11 heavy (non-hydrogen) atoms. The Bertz CT molecular complexity index is 183. The maximum absolute atomic E-state index is 10.1. The average molecular weight is 184 g/mol. The number of hydrogen-bond acceptors (Lipinski definition) is 3. The third-order valence-electron chi connectivity index (χ3n) is 0.911. The van der Waals surface area contributed by atoms with Gasteiger partial charge in [0.15, 0.2) is 6.10 Å². The zero-order valence-corrected chi connectivity index (χ0v) is 6.69. The van der Waals surface area contributed by atoms with Crippen molar-refractivity contribution in [3.8, 4) is 0 Å². The molecule has 1 unspecified atom stereocenters. The number of phosphoric acid groups is 1. The first-order valence-electron chi connectivity index (χ1n) is 2.83. The molecule has 0 aliphatic carbocycles. The molecule has 7 heteroatoms. The van der Waals surface area contributed by atoms with E-state index in [2.05, 4.69) is 4.52 Å². The summed E-state index contributed by atoms with van der Waals surface area (Å²) in [6.45, 7) is 1.45. The smallest absolute Gasteiger partial charge is 0.470 e. The van der Waals surface area contributed by atoms with Gasteiger partial charge in [-0.1, -0.05) is 6.92 Å². The van der Waals surface area contributed by atoms with Crippen LogP contribution in [0.4, 0.5) is 0 Å². The Morgan fingerprint density at radius 1 is 1.64 bits per heavy atom. The highest BCUT2D eigenvalue weighted by atomic mass is 31.2. The molecule has 0 bridgehead atoms. The van der Waals surface area contributed by atoms with Crippen LogP contribution in [0.25, 0.3) is 0 Å². The lowest BCUT2D eigenvalue weighted by molar-refractivity contribution is -0.146. The SMILES string of the molecule is CCC(OP(=O)(O)O)C(=O)O. The molecule has 0 aromatic rings. The lowest BCUT2D eigenvalue weighted by atomic mass is 10.3. The van der Waals surface area contributed by atoms with Crippen molar-refractivity contribution in [2.45, 2.75) is 19.4 Å². The second-order valence-corrected chi connectivity index (χ2v) is 3.02. The summed E-state index contributed by atoms with van der Waals surface area (Å²) in [7, 11) is -4.67. The van der Waals surface area contributed by atoms with Gasteiger partial charge < -0.3 is 14.9 Å². The molecule has 0 aromatic carbocycles. The van der Waals surface area contributed by atoms with Gasteiger partial charge in [-0.25, -0.2) is 9.36 Å². The van der Waals surface area contributed by atoms with Gasteiger partial charge in [0.1, 0.15) is 0 Å². The molecule has 1 atom stereocenters. The summed E-state index contributed by atoms with van der Waals surface area (Å²) < 4.78 is 14.0. The molecule has 0 aliphatic rings. The standard InChI is InChI=1S/C4H9O6P/c1-2-3(4(5)6)10-11(7,8)9/h3H,2H2,1H3,(H,5,6)(H2,7,8,9). The lowest BCUT2D eigenvalue weighted by Gasteiger charge is -2.10. The van der Waals surface area contributed by atoms with Crippen LogP contribution in [0.1, 0.15) is 13.3 Å². The van der Waals surface area contributed by atoms with Gasteiger partial charge >= 0.3 is 13.8 Å². The van der Waals surface area contributed by atoms with E-state index in [4.69, 9.17) is 14.9 Å². The van der Waals surface area contributed by atoms with Crippen LogP contribution in [0.15, 0.2) is 0 Å². The Labute approximate surface area is 63.0 Å². The quantitative estimate of drug-likeness (QED) is 0.529. The van der Waals surface area contributed by atoms with E-state index in [1.54, 1.807) is 0 Å². The predicted octanol–water partition coefficient (Wildman–Crippen LogP) is -0.0411. The Morgan fingerprint density at radius 2 is 2.09 bits per heavy atom. The fourth-order valence-corrected chi connectivity index (χ4v) is 1.03. The van der Waals surface area contributed by atoms with Crippen molar-refractivity contribution < 1.29 is 28.8 Å². The summed E-state index contributed by atoms with van der Waals surface area (Å²) in [6, 6.07) is 0. The zero-order chi connectivity index (χ0) is 9.07. The molecule has 6 nitrogen and oxygen atoms in total. The topological polar surface area (TPSA) is 104 Å². The Balaban J connectivity index is 4.10. The summed E-state index contributed by atoms with van der Waals surface area (Å²) in [5.74, 6) is -1.38. The molecule has 0 rings (SSSR count). The normalized spacial score (nSPS) is 14.5. The molecule has 3 N–H and O–H groups in total. The van der Waals surface area contributed by atoms with E-state index >= 15 is 0 Å². The first-order chi connectivity index (χ1) is 4.87. The first-order valence-corrected chi connectivity index (χ1v) is 4.36. The molecule has 0 saturated heterocycles. The third kappa shape index (κ3) is 4.92. The lowest BCUT2D eigenvalue weighted by Crippen LogP contribution is -2.21. The van der Waals surface area contributed by atoms with E-state index in [1.165, 1.54) is 6.92 Å². The van der Waals surface area contributed by atoms with Crippen LogP contribution in [0.5, 0.6) is 0 Å². The molecular weight excluding hydrogens is 175 g/mol. The van der Waals surface area contributed by atoms with Crippen molar-refractivity contribution in [1.82, 2.24) is 0 Å². The van der Waals surface area contributed by atoms with Crippen LogP contribution >= 0.6 is 7.82 Å². The summed E-state index contributed by atoms with van der Waals surface area (Å²) in [5, 5.41) is 8.27.